The number of amides is 2. The Kier molecular flexibility index (Phi) is 2.34. The van der Waals surface area contributed by atoms with Gasteiger partial charge in [-0.2, -0.15) is 0 Å². The monoisotopic (exact) mass is 236 g/mol. The fraction of sp³-hybridized carbons (Fsp3) is 0.667. The van der Waals surface area contributed by atoms with Gasteiger partial charge >= 0.3 is 0 Å². The van der Waals surface area contributed by atoms with E-state index < -0.39 is 0 Å². The van der Waals surface area contributed by atoms with Crippen LogP contribution < -0.4 is 0 Å². The van der Waals surface area contributed by atoms with Crippen molar-refractivity contribution in [2.75, 3.05) is 27.2 Å². The molecule has 0 radical (unpaired) electrons. The fourth-order valence-corrected chi connectivity index (χ4v) is 2.89. The van der Waals surface area contributed by atoms with Crippen molar-refractivity contribution in [2.45, 2.75) is 12.2 Å². The molecule has 3 aliphatic heterocycles. The predicted octanol–water partition coefficient (Wildman–Crippen LogP) is -0.514. The number of likely N-dealkylation sites (tertiary alicyclic amines) is 1. The van der Waals surface area contributed by atoms with Crippen LogP contribution in [0.2, 0.25) is 0 Å². The molecule has 0 aromatic rings. The second kappa shape index (κ2) is 3.65. The van der Waals surface area contributed by atoms with Crippen LogP contribution in [-0.2, 0) is 14.3 Å². The molecule has 5 nitrogen and oxygen atoms in total. The van der Waals surface area contributed by atoms with E-state index in [-0.39, 0.29) is 35.9 Å². The molecule has 0 spiro atoms. The van der Waals surface area contributed by atoms with Gasteiger partial charge < -0.3 is 9.64 Å². The highest BCUT2D eigenvalue weighted by molar-refractivity contribution is 6.06. The van der Waals surface area contributed by atoms with Crippen LogP contribution in [0, 0.1) is 11.8 Å². The Morgan fingerprint density at radius 3 is 2.18 bits per heavy atom. The largest absolute Gasteiger partial charge is 0.365 e. The minimum Gasteiger partial charge on any atom is -0.365 e. The Balaban J connectivity index is 1.78. The van der Waals surface area contributed by atoms with E-state index in [4.69, 9.17) is 4.74 Å². The molecule has 3 heterocycles. The first-order valence-electron chi connectivity index (χ1n) is 5.93. The average Bonchev–Trinajstić information content (AvgIpc) is 2.92. The molecule has 92 valence electrons. The second-order valence-electron chi connectivity index (χ2n) is 5.13. The van der Waals surface area contributed by atoms with E-state index in [1.807, 2.05) is 31.1 Å². The summed E-state index contributed by atoms with van der Waals surface area (Å²) in [6.45, 7) is 1.19. The average molecular weight is 236 g/mol. The number of imide groups is 1. The fourth-order valence-electron chi connectivity index (χ4n) is 2.89. The lowest BCUT2D eigenvalue weighted by atomic mass is 9.85. The van der Waals surface area contributed by atoms with Crippen molar-refractivity contribution < 1.29 is 14.3 Å². The van der Waals surface area contributed by atoms with Gasteiger partial charge in [0.05, 0.1) is 24.0 Å². The molecular weight excluding hydrogens is 220 g/mol. The van der Waals surface area contributed by atoms with Gasteiger partial charge in [-0.1, -0.05) is 12.2 Å². The van der Waals surface area contributed by atoms with E-state index in [9.17, 15) is 9.59 Å². The van der Waals surface area contributed by atoms with Crippen molar-refractivity contribution in [3.05, 3.63) is 12.2 Å². The Hall–Kier alpha value is -1.20. The molecule has 2 fully saturated rings. The van der Waals surface area contributed by atoms with Gasteiger partial charge in [-0.05, 0) is 14.1 Å². The minimum absolute atomic E-state index is 0.0568. The zero-order valence-corrected chi connectivity index (χ0v) is 10.00. The van der Waals surface area contributed by atoms with Crippen molar-refractivity contribution in [3.8, 4) is 0 Å². The minimum atomic E-state index is -0.264. The molecule has 0 N–H and O–H groups in total. The van der Waals surface area contributed by atoms with Crippen LogP contribution in [0.3, 0.4) is 0 Å². The standard InChI is InChI=1S/C12H16N2O3/c1-13(2)5-6-14-11(15)9-7-3-4-8(17-7)10(9)12(14)16/h3-4,7-10H,5-6H2,1-2H3. The highest BCUT2D eigenvalue weighted by atomic mass is 16.5. The van der Waals surface area contributed by atoms with Crippen molar-refractivity contribution in [1.29, 1.82) is 0 Å². The lowest BCUT2D eigenvalue weighted by Gasteiger charge is -2.19. The normalized spacial score (nSPS) is 38.6. The van der Waals surface area contributed by atoms with E-state index in [2.05, 4.69) is 0 Å². The van der Waals surface area contributed by atoms with Crippen molar-refractivity contribution in [3.63, 3.8) is 0 Å². The summed E-state index contributed by atoms with van der Waals surface area (Å²) in [7, 11) is 3.86. The van der Waals surface area contributed by atoms with Gasteiger partial charge in [0, 0.05) is 13.1 Å². The first-order valence-corrected chi connectivity index (χ1v) is 5.93. The van der Waals surface area contributed by atoms with Crippen LogP contribution in [0.4, 0.5) is 0 Å². The molecular formula is C12H16N2O3. The lowest BCUT2D eigenvalue weighted by Crippen LogP contribution is -2.38. The molecule has 0 aromatic heterocycles. The van der Waals surface area contributed by atoms with E-state index in [0.717, 1.165) is 0 Å². The van der Waals surface area contributed by atoms with Crippen molar-refractivity contribution in [2.24, 2.45) is 11.8 Å². The Labute approximate surface area is 100 Å². The molecule has 2 saturated heterocycles. The topological polar surface area (TPSA) is 49.9 Å². The molecule has 5 heteroatoms. The van der Waals surface area contributed by atoms with Gasteiger partial charge in [0.15, 0.2) is 0 Å². The molecule has 17 heavy (non-hydrogen) atoms. The Morgan fingerprint density at radius 1 is 1.18 bits per heavy atom. The molecule has 4 atom stereocenters. The third-order valence-corrected chi connectivity index (χ3v) is 3.77. The summed E-state index contributed by atoms with van der Waals surface area (Å²) in [5, 5.41) is 0. The predicted molar refractivity (Wildman–Crippen MR) is 60.1 cm³/mol. The third-order valence-electron chi connectivity index (χ3n) is 3.77. The molecule has 0 aromatic carbocycles. The number of hydrogen-bond acceptors (Lipinski definition) is 4. The zero-order chi connectivity index (χ0) is 12.2. The number of fused-ring (bicyclic) bond motifs is 5. The number of likely N-dealkylation sites (N-methyl/N-ethyl adjacent to an activating group) is 1. The number of rotatable bonds is 3. The number of carbonyl (C=O) groups is 2. The molecule has 0 aliphatic carbocycles. The highest BCUT2D eigenvalue weighted by Gasteiger charge is 2.60. The van der Waals surface area contributed by atoms with E-state index in [1.165, 1.54) is 4.90 Å². The SMILES string of the molecule is CN(C)CCN1C(=O)C2C3C=CC(O3)C2C1=O. The summed E-state index contributed by atoms with van der Waals surface area (Å²) in [5.74, 6) is -0.642. The van der Waals surface area contributed by atoms with E-state index >= 15 is 0 Å². The van der Waals surface area contributed by atoms with Crippen LogP contribution in [0.1, 0.15) is 0 Å². The number of ether oxygens (including phenoxy) is 1. The van der Waals surface area contributed by atoms with Gasteiger partial charge in [-0.3, -0.25) is 14.5 Å². The quantitative estimate of drug-likeness (QED) is 0.489. The number of carbonyl (C=O) groups excluding carboxylic acids is 2. The van der Waals surface area contributed by atoms with Gasteiger partial charge in [0.25, 0.3) is 0 Å². The lowest BCUT2D eigenvalue weighted by molar-refractivity contribution is -0.142. The van der Waals surface area contributed by atoms with E-state index in [0.29, 0.717) is 13.1 Å². The summed E-state index contributed by atoms with van der Waals surface area (Å²) in [5.41, 5.74) is 0. The van der Waals surface area contributed by atoms with Crippen LogP contribution in [0.15, 0.2) is 12.2 Å². The molecule has 4 unspecified atom stereocenters. The van der Waals surface area contributed by atoms with Crippen molar-refractivity contribution >= 4 is 11.8 Å². The number of nitrogens with zero attached hydrogens (tertiary/aromatic N) is 2. The molecule has 3 aliphatic rings. The maximum Gasteiger partial charge on any atom is 0.236 e. The van der Waals surface area contributed by atoms with Crippen LogP contribution in [0.5, 0.6) is 0 Å². The Bertz CT molecular complexity index is 375. The van der Waals surface area contributed by atoms with E-state index in [1.54, 1.807) is 0 Å². The van der Waals surface area contributed by atoms with Crippen LogP contribution in [0.25, 0.3) is 0 Å². The first kappa shape index (κ1) is 10.9. The summed E-state index contributed by atoms with van der Waals surface area (Å²) in [6, 6.07) is 0. The molecule has 2 bridgehead atoms. The summed E-state index contributed by atoms with van der Waals surface area (Å²) in [6.07, 6.45) is 3.47. The summed E-state index contributed by atoms with van der Waals surface area (Å²) in [4.78, 5) is 27.7. The second-order valence-corrected chi connectivity index (χ2v) is 5.13. The van der Waals surface area contributed by atoms with Crippen LogP contribution >= 0.6 is 0 Å². The molecule has 2 amide bonds. The molecule has 0 saturated carbocycles. The smallest absolute Gasteiger partial charge is 0.236 e. The first-order chi connectivity index (χ1) is 8.09. The van der Waals surface area contributed by atoms with Gasteiger partial charge in [-0.15, -0.1) is 0 Å². The molecule has 3 rings (SSSR count). The van der Waals surface area contributed by atoms with Gasteiger partial charge in [-0.25, -0.2) is 0 Å². The Morgan fingerprint density at radius 2 is 1.71 bits per heavy atom. The summed E-state index contributed by atoms with van der Waals surface area (Å²) >= 11 is 0. The third kappa shape index (κ3) is 1.46. The zero-order valence-electron chi connectivity index (χ0n) is 10.00. The maximum atomic E-state index is 12.2. The maximum absolute atomic E-state index is 12.2. The van der Waals surface area contributed by atoms with Crippen LogP contribution in [-0.4, -0.2) is 61.0 Å². The van der Waals surface area contributed by atoms with Crippen molar-refractivity contribution in [1.82, 2.24) is 9.80 Å². The van der Waals surface area contributed by atoms with Gasteiger partial charge in [0.1, 0.15) is 0 Å². The summed E-state index contributed by atoms with van der Waals surface area (Å²) < 4.78 is 5.56. The highest BCUT2D eigenvalue weighted by Crippen LogP contribution is 2.44. The van der Waals surface area contributed by atoms with Gasteiger partial charge in [0.2, 0.25) is 11.8 Å². The number of hydrogen-bond donors (Lipinski definition) is 0.